The van der Waals surface area contributed by atoms with E-state index in [-0.39, 0.29) is 12.6 Å². The maximum atomic E-state index is 12.2. The van der Waals surface area contributed by atoms with Gasteiger partial charge in [-0.05, 0) is 38.0 Å². The first-order chi connectivity index (χ1) is 8.81. The lowest BCUT2D eigenvalue weighted by molar-refractivity contribution is -0.158. The van der Waals surface area contributed by atoms with Gasteiger partial charge in [-0.25, -0.2) is 0 Å². The van der Waals surface area contributed by atoms with E-state index in [4.69, 9.17) is 9.29 Å². The van der Waals surface area contributed by atoms with Crippen molar-refractivity contribution < 1.29 is 22.5 Å². The second-order valence-corrected chi connectivity index (χ2v) is 7.31. The summed E-state index contributed by atoms with van der Waals surface area (Å²) in [7, 11) is -4.07. The largest absolute Gasteiger partial charge is 0.464 e. The van der Waals surface area contributed by atoms with Gasteiger partial charge in [-0.2, -0.15) is 8.42 Å². The first-order valence-corrected chi connectivity index (χ1v) is 8.24. The number of carbonyl (C=O) groups is 1. The van der Waals surface area contributed by atoms with Gasteiger partial charge in [-0.1, -0.05) is 18.6 Å². The molecule has 0 radical (unpaired) electrons. The highest BCUT2D eigenvalue weighted by molar-refractivity contribution is 7.85. The van der Waals surface area contributed by atoms with Gasteiger partial charge < -0.3 is 4.74 Å². The van der Waals surface area contributed by atoms with E-state index in [0.29, 0.717) is 5.92 Å². The summed E-state index contributed by atoms with van der Waals surface area (Å²) in [5.41, 5.74) is 0.845. The summed E-state index contributed by atoms with van der Waals surface area (Å²) >= 11 is 0. The van der Waals surface area contributed by atoms with Crippen LogP contribution >= 0.6 is 0 Å². The predicted molar refractivity (Wildman–Crippen MR) is 70.1 cm³/mol. The number of ether oxygens (including phenoxy) is 1. The summed E-state index contributed by atoms with van der Waals surface area (Å²) in [5, 5.41) is 0. The van der Waals surface area contributed by atoms with E-state index in [2.05, 4.69) is 13.0 Å². The first kappa shape index (κ1) is 14.5. The second-order valence-electron chi connectivity index (χ2n) is 5.74. The van der Waals surface area contributed by atoms with Crippen LogP contribution in [0.1, 0.15) is 39.0 Å². The standard InChI is InChI=1S/C13H20O5S/c1-10-7-11-3-2-4-13(8-10,9-11)12(14)18-5-6-19(15,16)17/h7,10H,2-6,8-9H2,1H3,(H,15,16,17). The van der Waals surface area contributed by atoms with Crippen molar-refractivity contribution in [1.29, 1.82) is 0 Å². The Morgan fingerprint density at radius 2 is 2.32 bits per heavy atom. The maximum absolute atomic E-state index is 12.2. The van der Waals surface area contributed by atoms with Gasteiger partial charge in [-0.15, -0.1) is 0 Å². The van der Waals surface area contributed by atoms with Gasteiger partial charge in [0, 0.05) is 0 Å². The average Bonchev–Trinajstić information content (AvgIpc) is 2.26. The van der Waals surface area contributed by atoms with Crippen LogP contribution in [0.3, 0.4) is 0 Å². The molecule has 6 heteroatoms. The highest BCUT2D eigenvalue weighted by Crippen LogP contribution is 2.48. The number of esters is 1. The zero-order valence-electron chi connectivity index (χ0n) is 11.1. The Labute approximate surface area is 113 Å². The van der Waals surface area contributed by atoms with Crippen LogP contribution in [-0.2, 0) is 19.6 Å². The van der Waals surface area contributed by atoms with Gasteiger partial charge in [0.05, 0.1) is 5.41 Å². The smallest absolute Gasteiger partial charge is 0.312 e. The monoisotopic (exact) mass is 288 g/mol. The summed E-state index contributed by atoms with van der Waals surface area (Å²) in [6.45, 7) is 1.82. The topological polar surface area (TPSA) is 80.7 Å². The van der Waals surface area contributed by atoms with Crippen LogP contribution in [0.15, 0.2) is 11.6 Å². The van der Waals surface area contributed by atoms with Crippen molar-refractivity contribution in [2.75, 3.05) is 12.4 Å². The molecule has 2 unspecified atom stereocenters. The van der Waals surface area contributed by atoms with Crippen LogP contribution < -0.4 is 0 Å². The first-order valence-electron chi connectivity index (χ1n) is 6.63. The molecular formula is C13H20O5S. The van der Waals surface area contributed by atoms with E-state index in [1.807, 2.05) is 0 Å². The zero-order chi connectivity index (χ0) is 14.1. The fourth-order valence-electron chi connectivity index (χ4n) is 3.31. The van der Waals surface area contributed by atoms with Crippen LogP contribution in [0.25, 0.3) is 0 Å². The molecule has 0 spiro atoms. The molecule has 19 heavy (non-hydrogen) atoms. The van der Waals surface area contributed by atoms with Gasteiger partial charge in [0.25, 0.3) is 10.1 Å². The van der Waals surface area contributed by atoms with E-state index in [0.717, 1.165) is 32.1 Å². The SMILES string of the molecule is CC1C=C2CCCC(C(=O)OCCS(=O)(=O)O)(C2)C1. The van der Waals surface area contributed by atoms with Crippen molar-refractivity contribution in [2.24, 2.45) is 11.3 Å². The van der Waals surface area contributed by atoms with Gasteiger partial charge in [-0.3, -0.25) is 9.35 Å². The molecule has 5 nitrogen and oxygen atoms in total. The number of allylic oxidation sites excluding steroid dienone is 2. The predicted octanol–water partition coefficient (Wildman–Crippen LogP) is 1.94. The van der Waals surface area contributed by atoms with Crippen molar-refractivity contribution in [3.8, 4) is 0 Å². The lowest BCUT2D eigenvalue weighted by Gasteiger charge is -2.41. The number of rotatable bonds is 4. The Hall–Kier alpha value is -0.880. The molecule has 0 aromatic heterocycles. The van der Waals surface area contributed by atoms with E-state index in [1.54, 1.807) is 0 Å². The molecule has 2 rings (SSSR count). The molecule has 108 valence electrons. The third kappa shape index (κ3) is 3.57. The molecule has 0 aliphatic heterocycles. The molecule has 2 aliphatic rings. The highest BCUT2D eigenvalue weighted by atomic mass is 32.2. The molecule has 0 saturated heterocycles. The third-order valence-corrected chi connectivity index (χ3v) is 4.64. The van der Waals surface area contributed by atoms with Gasteiger partial charge in [0.1, 0.15) is 12.4 Å². The molecule has 0 amide bonds. The van der Waals surface area contributed by atoms with Crippen molar-refractivity contribution in [3.05, 3.63) is 11.6 Å². The molecule has 2 bridgehead atoms. The highest BCUT2D eigenvalue weighted by Gasteiger charge is 2.45. The lowest BCUT2D eigenvalue weighted by Crippen LogP contribution is -2.40. The summed E-state index contributed by atoms with van der Waals surface area (Å²) in [4.78, 5) is 12.2. The van der Waals surface area contributed by atoms with E-state index in [9.17, 15) is 13.2 Å². The Bertz CT molecular complexity index is 493. The van der Waals surface area contributed by atoms with Crippen LogP contribution in [0.5, 0.6) is 0 Å². The normalized spacial score (nSPS) is 30.6. The van der Waals surface area contributed by atoms with Gasteiger partial charge in [0.15, 0.2) is 0 Å². The fraction of sp³-hybridized carbons (Fsp3) is 0.769. The summed E-state index contributed by atoms with van der Waals surface area (Å²) in [6, 6.07) is 0. The van der Waals surface area contributed by atoms with Gasteiger partial charge in [0.2, 0.25) is 0 Å². The summed E-state index contributed by atoms with van der Waals surface area (Å²) < 4.78 is 34.9. The minimum atomic E-state index is -4.07. The second kappa shape index (κ2) is 5.25. The third-order valence-electron chi connectivity index (χ3n) is 3.96. The Morgan fingerprint density at radius 1 is 1.58 bits per heavy atom. The number of hydrogen-bond acceptors (Lipinski definition) is 4. The number of fused-ring (bicyclic) bond motifs is 2. The number of hydrogen-bond donors (Lipinski definition) is 1. The Morgan fingerprint density at radius 3 is 3.00 bits per heavy atom. The molecule has 0 aromatic carbocycles. The van der Waals surface area contributed by atoms with Gasteiger partial charge >= 0.3 is 5.97 Å². The van der Waals surface area contributed by atoms with Crippen molar-refractivity contribution in [2.45, 2.75) is 39.0 Å². The molecule has 0 heterocycles. The van der Waals surface area contributed by atoms with Crippen molar-refractivity contribution in [1.82, 2.24) is 0 Å². The number of carbonyl (C=O) groups excluding carboxylic acids is 1. The van der Waals surface area contributed by atoms with Crippen molar-refractivity contribution >= 4 is 16.1 Å². The Kier molecular flexibility index (Phi) is 4.01. The van der Waals surface area contributed by atoms with E-state index >= 15 is 0 Å². The fourth-order valence-corrected chi connectivity index (χ4v) is 3.60. The Balaban J connectivity index is 2.00. The minimum Gasteiger partial charge on any atom is -0.464 e. The molecule has 1 saturated carbocycles. The maximum Gasteiger partial charge on any atom is 0.312 e. The molecular weight excluding hydrogens is 268 g/mol. The van der Waals surface area contributed by atoms with Crippen LogP contribution in [-0.4, -0.2) is 31.3 Å². The molecule has 1 fully saturated rings. The summed E-state index contributed by atoms with van der Waals surface area (Å²) in [5.74, 6) is -0.487. The van der Waals surface area contributed by atoms with E-state index in [1.165, 1.54) is 5.57 Å². The lowest BCUT2D eigenvalue weighted by atomic mass is 9.64. The van der Waals surface area contributed by atoms with Crippen LogP contribution in [0, 0.1) is 11.3 Å². The molecule has 2 atom stereocenters. The van der Waals surface area contributed by atoms with Crippen LogP contribution in [0.2, 0.25) is 0 Å². The quantitative estimate of drug-likeness (QED) is 0.486. The van der Waals surface area contributed by atoms with Crippen molar-refractivity contribution in [3.63, 3.8) is 0 Å². The average molecular weight is 288 g/mol. The minimum absolute atomic E-state index is 0.271. The van der Waals surface area contributed by atoms with E-state index < -0.39 is 21.3 Å². The summed E-state index contributed by atoms with van der Waals surface area (Å²) in [6.07, 6.45) is 6.57. The van der Waals surface area contributed by atoms with Crippen LogP contribution in [0.4, 0.5) is 0 Å². The molecule has 0 aromatic rings. The molecule has 1 N–H and O–H groups in total. The molecule has 2 aliphatic carbocycles. The zero-order valence-corrected chi connectivity index (χ0v) is 11.9.